The molecule has 0 radical (unpaired) electrons. The van der Waals surface area contributed by atoms with E-state index >= 15 is 0 Å². The van der Waals surface area contributed by atoms with E-state index < -0.39 is 0 Å². The van der Waals surface area contributed by atoms with Crippen LogP contribution in [-0.4, -0.2) is 17.6 Å². The number of hydrogen-bond acceptors (Lipinski definition) is 2. The Morgan fingerprint density at radius 2 is 1.76 bits per heavy atom. The van der Waals surface area contributed by atoms with Gasteiger partial charge in [-0.1, -0.05) is 36.4 Å². The van der Waals surface area contributed by atoms with E-state index in [4.69, 9.17) is 4.74 Å². The third kappa shape index (κ3) is 2.62. The van der Waals surface area contributed by atoms with E-state index in [1.165, 1.54) is 0 Å². The van der Waals surface area contributed by atoms with Crippen LogP contribution in [0.15, 0.2) is 66.7 Å². The molecule has 4 nitrogen and oxygen atoms in total. The topological polar surface area (TPSA) is 43.3 Å². The number of carbonyl (C=O) groups excluding carboxylic acids is 1. The summed E-state index contributed by atoms with van der Waals surface area (Å²) in [6.07, 6.45) is 0. The van der Waals surface area contributed by atoms with Crippen LogP contribution in [0.5, 0.6) is 5.75 Å². The Balaban J connectivity index is 1.70. The average Bonchev–Trinajstić information content (AvgIpc) is 2.99. The number of aryl methyl sites for hydroxylation is 1. The van der Waals surface area contributed by atoms with Gasteiger partial charge < -0.3 is 14.6 Å². The molecule has 4 rings (SSSR count). The zero-order valence-corrected chi connectivity index (χ0v) is 14.1. The first-order valence-electron chi connectivity index (χ1n) is 8.10. The molecule has 3 aromatic carbocycles. The van der Waals surface area contributed by atoms with E-state index in [1.54, 1.807) is 7.11 Å². The van der Waals surface area contributed by atoms with Crippen molar-refractivity contribution in [3.05, 3.63) is 72.4 Å². The fourth-order valence-electron chi connectivity index (χ4n) is 3.19. The van der Waals surface area contributed by atoms with Crippen molar-refractivity contribution >= 4 is 33.3 Å². The number of anilines is 1. The molecule has 0 aliphatic rings. The van der Waals surface area contributed by atoms with Crippen molar-refractivity contribution in [3.63, 3.8) is 0 Å². The predicted molar refractivity (Wildman–Crippen MR) is 101 cm³/mol. The third-order valence-corrected chi connectivity index (χ3v) is 4.51. The highest BCUT2D eigenvalue weighted by Crippen LogP contribution is 2.28. The summed E-state index contributed by atoms with van der Waals surface area (Å²) in [4.78, 5) is 12.8. The van der Waals surface area contributed by atoms with Gasteiger partial charge in [0, 0.05) is 18.1 Å². The van der Waals surface area contributed by atoms with Crippen molar-refractivity contribution in [1.29, 1.82) is 0 Å². The molecule has 0 saturated heterocycles. The number of nitrogens with one attached hydrogen (secondary N) is 1. The van der Waals surface area contributed by atoms with E-state index in [-0.39, 0.29) is 5.91 Å². The Morgan fingerprint density at radius 1 is 0.960 bits per heavy atom. The lowest BCUT2D eigenvalue weighted by molar-refractivity contribution is 0.102. The molecule has 0 unspecified atom stereocenters. The first kappa shape index (κ1) is 15.3. The van der Waals surface area contributed by atoms with Crippen molar-refractivity contribution in [1.82, 2.24) is 4.57 Å². The van der Waals surface area contributed by atoms with Gasteiger partial charge in [-0.15, -0.1) is 0 Å². The van der Waals surface area contributed by atoms with E-state index in [2.05, 4.69) is 11.4 Å². The highest BCUT2D eigenvalue weighted by Gasteiger charge is 2.15. The van der Waals surface area contributed by atoms with Gasteiger partial charge in [-0.2, -0.15) is 0 Å². The highest BCUT2D eigenvalue weighted by atomic mass is 16.5. The molecule has 0 spiro atoms. The molecule has 1 heterocycles. The molecular weight excluding hydrogens is 312 g/mol. The number of methoxy groups -OCH3 is 1. The maximum atomic E-state index is 12.8. The van der Waals surface area contributed by atoms with E-state index in [0.717, 1.165) is 33.1 Å². The van der Waals surface area contributed by atoms with Crippen LogP contribution in [0.3, 0.4) is 0 Å². The lowest BCUT2D eigenvalue weighted by atomic mass is 10.1. The summed E-state index contributed by atoms with van der Waals surface area (Å²) in [5, 5.41) is 6.16. The average molecular weight is 330 g/mol. The second-order valence-corrected chi connectivity index (χ2v) is 6.00. The standard InChI is InChI=1S/C21H18N2O2/c1-23-18-8-5-9-20(25-2)17(18)13-19(23)21(24)22-16-11-10-14-6-3-4-7-15(14)12-16/h3-13H,1-2H3,(H,22,24). The summed E-state index contributed by atoms with van der Waals surface area (Å²) in [5.74, 6) is 0.619. The maximum absolute atomic E-state index is 12.8. The molecule has 0 saturated carbocycles. The highest BCUT2D eigenvalue weighted by molar-refractivity contribution is 6.07. The zero-order chi connectivity index (χ0) is 17.4. The normalized spacial score (nSPS) is 11.0. The largest absolute Gasteiger partial charge is 0.496 e. The number of ether oxygens (including phenoxy) is 1. The zero-order valence-electron chi connectivity index (χ0n) is 14.1. The van der Waals surface area contributed by atoms with Crippen molar-refractivity contribution in [2.75, 3.05) is 12.4 Å². The summed E-state index contributed by atoms with van der Waals surface area (Å²) in [6, 6.07) is 21.7. The third-order valence-electron chi connectivity index (χ3n) is 4.51. The fourth-order valence-corrected chi connectivity index (χ4v) is 3.19. The van der Waals surface area contributed by atoms with E-state index in [1.807, 2.05) is 72.3 Å². The number of nitrogens with zero attached hydrogens (tertiary/aromatic N) is 1. The van der Waals surface area contributed by atoms with Crippen LogP contribution in [0.2, 0.25) is 0 Å². The number of rotatable bonds is 3. The van der Waals surface area contributed by atoms with Crippen LogP contribution in [0.25, 0.3) is 21.7 Å². The number of carbonyl (C=O) groups is 1. The first-order valence-corrected chi connectivity index (χ1v) is 8.10. The summed E-state index contributed by atoms with van der Waals surface area (Å²) in [7, 11) is 3.52. The van der Waals surface area contributed by atoms with Crippen LogP contribution in [0, 0.1) is 0 Å². The van der Waals surface area contributed by atoms with Crippen molar-refractivity contribution in [3.8, 4) is 5.75 Å². The lowest BCUT2D eigenvalue weighted by Crippen LogP contribution is -2.15. The number of fused-ring (bicyclic) bond motifs is 2. The molecule has 124 valence electrons. The van der Waals surface area contributed by atoms with Gasteiger partial charge in [-0.25, -0.2) is 0 Å². The Morgan fingerprint density at radius 3 is 2.56 bits per heavy atom. The predicted octanol–water partition coefficient (Wildman–Crippen LogP) is 4.59. The van der Waals surface area contributed by atoms with Crippen molar-refractivity contribution in [2.24, 2.45) is 7.05 Å². The van der Waals surface area contributed by atoms with Crippen LogP contribution < -0.4 is 10.1 Å². The van der Waals surface area contributed by atoms with Crippen LogP contribution in [-0.2, 0) is 7.05 Å². The molecule has 4 aromatic rings. The van der Waals surface area contributed by atoms with Gasteiger partial charge in [0.15, 0.2) is 0 Å². The summed E-state index contributed by atoms with van der Waals surface area (Å²) < 4.78 is 7.28. The molecule has 1 aromatic heterocycles. The molecule has 1 amide bonds. The second-order valence-electron chi connectivity index (χ2n) is 6.00. The molecule has 0 bridgehead atoms. The monoisotopic (exact) mass is 330 g/mol. The van der Waals surface area contributed by atoms with Crippen LogP contribution in [0.4, 0.5) is 5.69 Å². The lowest BCUT2D eigenvalue weighted by Gasteiger charge is -2.08. The second kappa shape index (κ2) is 5.98. The molecule has 0 fully saturated rings. The smallest absolute Gasteiger partial charge is 0.272 e. The quantitative estimate of drug-likeness (QED) is 0.597. The molecule has 0 atom stereocenters. The SMILES string of the molecule is COc1cccc2c1cc(C(=O)Nc1ccc3ccccc3c1)n2C. The Bertz CT molecular complexity index is 1100. The van der Waals surface area contributed by atoms with Crippen molar-refractivity contribution in [2.45, 2.75) is 0 Å². The fraction of sp³-hybridized carbons (Fsp3) is 0.0952. The van der Waals surface area contributed by atoms with Gasteiger partial charge in [-0.05, 0) is 41.1 Å². The van der Waals surface area contributed by atoms with Gasteiger partial charge in [0.2, 0.25) is 0 Å². The van der Waals surface area contributed by atoms with Gasteiger partial charge >= 0.3 is 0 Å². The summed E-state index contributed by atoms with van der Waals surface area (Å²) >= 11 is 0. The maximum Gasteiger partial charge on any atom is 0.272 e. The Kier molecular flexibility index (Phi) is 3.65. The number of aromatic nitrogens is 1. The van der Waals surface area contributed by atoms with Gasteiger partial charge in [-0.3, -0.25) is 4.79 Å². The Hall–Kier alpha value is -3.27. The summed E-state index contributed by atoms with van der Waals surface area (Å²) in [6.45, 7) is 0. The van der Waals surface area contributed by atoms with Gasteiger partial charge in [0.25, 0.3) is 5.91 Å². The Labute approximate surface area is 145 Å². The number of benzene rings is 3. The molecule has 4 heteroatoms. The molecule has 0 aliphatic heterocycles. The molecule has 25 heavy (non-hydrogen) atoms. The van der Waals surface area contributed by atoms with Crippen LogP contribution >= 0.6 is 0 Å². The van der Waals surface area contributed by atoms with Gasteiger partial charge in [0.05, 0.1) is 12.6 Å². The minimum atomic E-state index is -0.143. The number of hydrogen-bond donors (Lipinski definition) is 1. The number of amides is 1. The minimum Gasteiger partial charge on any atom is -0.496 e. The first-order chi connectivity index (χ1) is 12.2. The molecule has 1 N–H and O–H groups in total. The summed E-state index contributed by atoms with van der Waals surface area (Å²) in [5.41, 5.74) is 2.33. The van der Waals surface area contributed by atoms with Gasteiger partial charge in [0.1, 0.15) is 11.4 Å². The minimum absolute atomic E-state index is 0.143. The van der Waals surface area contributed by atoms with Crippen molar-refractivity contribution < 1.29 is 9.53 Å². The van der Waals surface area contributed by atoms with E-state index in [9.17, 15) is 4.79 Å². The van der Waals surface area contributed by atoms with E-state index in [0.29, 0.717) is 5.69 Å². The van der Waals surface area contributed by atoms with Crippen LogP contribution in [0.1, 0.15) is 10.5 Å². The molecule has 0 aliphatic carbocycles. The molecular formula is C21H18N2O2.